The average Bonchev–Trinajstić information content (AvgIpc) is 2.64. The lowest BCUT2D eigenvalue weighted by atomic mass is 10.2. The van der Waals surface area contributed by atoms with Crippen LogP contribution in [-0.2, 0) is 21.2 Å². The van der Waals surface area contributed by atoms with Gasteiger partial charge < -0.3 is 5.32 Å². The molecule has 0 aliphatic carbocycles. The molecule has 2 aromatic rings. The van der Waals surface area contributed by atoms with Crippen molar-refractivity contribution in [3.05, 3.63) is 66.2 Å². The molecule has 0 heterocycles. The molecule has 0 saturated heterocycles. The Morgan fingerprint density at radius 3 is 2.16 bits per heavy atom. The standard InChI is InChI=1S/C17H19N3O3S2/c21-16(11-12-25(22,23)15-9-5-2-6-10-15)19-20-17(24)18-13-14-7-3-1-4-8-14/h1-10H,11-13H2,(H,19,21)(H2,18,20,24). The lowest BCUT2D eigenvalue weighted by Crippen LogP contribution is -2.46. The molecule has 3 N–H and O–H groups in total. The molecule has 0 aromatic heterocycles. The van der Waals surface area contributed by atoms with Crippen molar-refractivity contribution in [2.45, 2.75) is 17.9 Å². The fourth-order valence-corrected chi connectivity index (χ4v) is 3.37. The van der Waals surface area contributed by atoms with E-state index in [0.29, 0.717) is 6.54 Å². The average molecular weight is 377 g/mol. The van der Waals surface area contributed by atoms with Crippen LogP contribution in [0.15, 0.2) is 65.6 Å². The van der Waals surface area contributed by atoms with Crippen molar-refractivity contribution < 1.29 is 13.2 Å². The van der Waals surface area contributed by atoms with E-state index in [2.05, 4.69) is 16.2 Å². The van der Waals surface area contributed by atoms with Crippen LogP contribution in [-0.4, -0.2) is 25.2 Å². The largest absolute Gasteiger partial charge is 0.357 e. The molecule has 0 spiro atoms. The van der Waals surface area contributed by atoms with Gasteiger partial charge in [0.15, 0.2) is 14.9 Å². The molecule has 0 unspecified atom stereocenters. The molecule has 2 aromatic carbocycles. The molecule has 0 bridgehead atoms. The summed E-state index contributed by atoms with van der Waals surface area (Å²) >= 11 is 5.05. The zero-order chi connectivity index (χ0) is 18.1. The molecule has 8 heteroatoms. The lowest BCUT2D eigenvalue weighted by Gasteiger charge is -2.11. The van der Waals surface area contributed by atoms with Crippen LogP contribution in [0.1, 0.15) is 12.0 Å². The molecule has 0 atom stereocenters. The minimum absolute atomic E-state index is 0.161. The first-order valence-corrected chi connectivity index (χ1v) is 9.68. The Morgan fingerprint density at radius 1 is 0.920 bits per heavy atom. The van der Waals surface area contributed by atoms with Gasteiger partial charge in [-0.3, -0.25) is 15.6 Å². The number of sulfone groups is 1. The lowest BCUT2D eigenvalue weighted by molar-refractivity contribution is -0.121. The van der Waals surface area contributed by atoms with E-state index in [1.165, 1.54) is 12.1 Å². The second-order valence-corrected chi connectivity index (χ2v) is 7.74. The Morgan fingerprint density at radius 2 is 1.52 bits per heavy atom. The molecule has 0 fully saturated rings. The van der Waals surface area contributed by atoms with Crippen molar-refractivity contribution in [2.75, 3.05) is 5.75 Å². The Hall–Kier alpha value is -2.45. The number of hydrazine groups is 1. The topological polar surface area (TPSA) is 87.3 Å². The number of hydrogen-bond acceptors (Lipinski definition) is 4. The van der Waals surface area contributed by atoms with Gasteiger partial charge in [0, 0.05) is 13.0 Å². The number of nitrogens with one attached hydrogen (secondary N) is 3. The van der Waals surface area contributed by atoms with Crippen molar-refractivity contribution in [3.63, 3.8) is 0 Å². The summed E-state index contributed by atoms with van der Waals surface area (Å²) in [4.78, 5) is 12.0. The summed E-state index contributed by atoms with van der Waals surface area (Å²) in [6.07, 6.45) is -0.161. The van der Waals surface area contributed by atoms with Gasteiger partial charge in [-0.25, -0.2) is 8.42 Å². The summed E-state index contributed by atoms with van der Waals surface area (Å²) in [6.45, 7) is 0.519. The zero-order valence-electron chi connectivity index (χ0n) is 13.4. The van der Waals surface area contributed by atoms with Gasteiger partial charge in [-0.15, -0.1) is 0 Å². The number of benzene rings is 2. The number of thiocarbonyl (C=S) groups is 1. The maximum absolute atomic E-state index is 12.1. The second-order valence-electron chi connectivity index (χ2n) is 5.22. The molecule has 132 valence electrons. The summed E-state index contributed by atoms with van der Waals surface area (Å²) < 4.78 is 24.2. The van der Waals surface area contributed by atoms with Gasteiger partial charge in [-0.05, 0) is 29.9 Å². The van der Waals surface area contributed by atoms with Gasteiger partial charge in [0.2, 0.25) is 5.91 Å². The Balaban J connectivity index is 1.71. The molecule has 2 rings (SSSR count). The first-order valence-electron chi connectivity index (χ1n) is 7.62. The highest BCUT2D eigenvalue weighted by molar-refractivity contribution is 7.91. The first kappa shape index (κ1) is 18.9. The number of rotatable bonds is 6. The Bertz CT molecular complexity index is 810. The molecule has 0 radical (unpaired) electrons. The summed E-state index contributed by atoms with van der Waals surface area (Å²) in [6, 6.07) is 17.7. The van der Waals surface area contributed by atoms with E-state index in [1.807, 2.05) is 30.3 Å². The normalized spacial score (nSPS) is 10.7. The van der Waals surface area contributed by atoms with Crippen molar-refractivity contribution in [1.82, 2.24) is 16.2 Å². The van der Waals surface area contributed by atoms with E-state index in [0.717, 1.165) is 5.56 Å². The minimum atomic E-state index is -3.48. The van der Waals surface area contributed by atoms with Gasteiger partial charge >= 0.3 is 0 Å². The van der Waals surface area contributed by atoms with E-state index in [1.54, 1.807) is 18.2 Å². The van der Waals surface area contributed by atoms with E-state index in [9.17, 15) is 13.2 Å². The number of carbonyl (C=O) groups is 1. The molecule has 6 nitrogen and oxygen atoms in total. The molecule has 1 amide bonds. The Labute approximate surface area is 152 Å². The van der Waals surface area contributed by atoms with Crippen LogP contribution >= 0.6 is 12.2 Å². The number of hydrogen-bond donors (Lipinski definition) is 3. The highest BCUT2D eigenvalue weighted by Gasteiger charge is 2.16. The summed E-state index contributed by atoms with van der Waals surface area (Å²) in [5, 5.41) is 3.19. The number of carbonyl (C=O) groups excluding carboxylic acids is 1. The van der Waals surface area contributed by atoms with Crippen LogP contribution in [0.25, 0.3) is 0 Å². The zero-order valence-corrected chi connectivity index (χ0v) is 15.1. The fourth-order valence-electron chi connectivity index (χ4n) is 1.98. The van der Waals surface area contributed by atoms with Crippen molar-refractivity contribution in [2.24, 2.45) is 0 Å². The van der Waals surface area contributed by atoms with Crippen molar-refractivity contribution in [1.29, 1.82) is 0 Å². The van der Waals surface area contributed by atoms with E-state index >= 15 is 0 Å². The van der Waals surface area contributed by atoms with Crippen molar-refractivity contribution >= 4 is 33.1 Å². The predicted octanol–water partition coefficient (Wildman–Crippen LogP) is 1.55. The quantitative estimate of drug-likeness (QED) is 0.523. The van der Waals surface area contributed by atoms with E-state index < -0.39 is 15.7 Å². The van der Waals surface area contributed by atoms with Gasteiger partial charge in [0.1, 0.15) is 0 Å². The van der Waals surface area contributed by atoms with Gasteiger partial charge in [0.25, 0.3) is 0 Å². The molecule has 0 aliphatic heterocycles. The smallest absolute Gasteiger partial charge is 0.239 e. The van der Waals surface area contributed by atoms with Crippen LogP contribution in [0.3, 0.4) is 0 Å². The van der Waals surface area contributed by atoms with Crippen LogP contribution in [0, 0.1) is 0 Å². The first-order chi connectivity index (χ1) is 12.0. The maximum Gasteiger partial charge on any atom is 0.239 e. The van der Waals surface area contributed by atoms with Gasteiger partial charge in [-0.1, -0.05) is 48.5 Å². The fraction of sp³-hybridized carbons (Fsp3) is 0.176. The Kier molecular flexibility index (Phi) is 6.91. The monoisotopic (exact) mass is 377 g/mol. The van der Waals surface area contributed by atoms with E-state index in [4.69, 9.17) is 12.2 Å². The summed E-state index contributed by atoms with van der Waals surface area (Å²) in [5.41, 5.74) is 5.99. The summed E-state index contributed by atoms with van der Waals surface area (Å²) in [7, 11) is -3.48. The number of amides is 1. The minimum Gasteiger partial charge on any atom is -0.357 e. The molecule has 25 heavy (non-hydrogen) atoms. The summed E-state index contributed by atoms with van der Waals surface area (Å²) in [5.74, 6) is -0.724. The molecular formula is C17H19N3O3S2. The highest BCUT2D eigenvalue weighted by atomic mass is 32.2. The maximum atomic E-state index is 12.1. The third-order valence-corrected chi connectivity index (χ3v) is 5.29. The van der Waals surface area contributed by atoms with Gasteiger partial charge in [-0.2, -0.15) is 0 Å². The van der Waals surface area contributed by atoms with Crippen LogP contribution in [0.5, 0.6) is 0 Å². The predicted molar refractivity (Wildman–Crippen MR) is 100 cm³/mol. The van der Waals surface area contributed by atoms with Crippen LogP contribution < -0.4 is 16.2 Å². The van der Waals surface area contributed by atoms with Crippen molar-refractivity contribution in [3.8, 4) is 0 Å². The van der Waals surface area contributed by atoms with E-state index in [-0.39, 0.29) is 22.2 Å². The third kappa shape index (κ3) is 6.52. The molecule has 0 saturated carbocycles. The van der Waals surface area contributed by atoms with Crippen LogP contribution in [0.2, 0.25) is 0 Å². The highest BCUT2D eigenvalue weighted by Crippen LogP contribution is 2.10. The van der Waals surface area contributed by atoms with Crippen LogP contribution in [0.4, 0.5) is 0 Å². The third-order valence-electron chi connectivity index (χ3n) is 3.31. The SMILES string of the molecule is O=C(CCS(=O)(=O)c1ccccc1)NNC(=S)NCc1ccccc1. The molecular weight excluding hydrogens is 358 g/mol. The second kappa shape index (κ2) is 9.14. The molecule has 0 aliphatic rings. The van der Waals surface area contributed by atoms with Gasteiger partial charge in [0.05, 0.1) is 10.6 Å².